The van der Waals surface area contributed by atoms with Gasteiger partial charge in [-0.1, -0.05) is 60.7 Å². The molecule has 120 valence electrons. The van der Waals surface area contributed by atoms with E-state index in [9.17, 15) is 19.2 Å². The molecule has 0 atom stereocenters. The number of allylic oxidation sites excluding steroid dienone is 4. The number of hydrogen-bond acceptors (Lipinski definition) is 4. The second-order valence-corrected chi connectivity index (χ2v) is 5.88. The fourth-order valence-corrected chi connectivity index (χ4v) is 3.21. The number of ketones is 4. The fourth-order valence-electron chi connectivity index (χ4n) is 3.21. The van der Waals surface area contributed by atoms with Gasteiger partial charge in [0, 0.05) is 22.3 Å². The molecule has 0 saturated heterocycles. The number of rotatable bonds is 2. The van der Waals surface area contributed by atoms with E-state index >= 15 is 0 Å². The maximum absolute atomic E-state index is 12.3. The van der Waals surface area contributed by atoms with Crippen molar-refractivity contribution in [1.29, 1.82) is 0 Å². The maximum atomic E-state index is 12.3. The molecule has 2 aromatic carbocycles. The Labute approximate surface area is 143 Å². The van der Waals surface area contributed by atoms with Crippen molar-refractivity contribution >= 4 is 23.1 Å². The molecule has 0 bridgehead atoms. The van der Waals surface area contributed by atoms with Gasteiger partial charge in [0.2, 0.25) is 0 Å². The first kappa shape index (κ1) is 15.1. The van der Waals surface area contributed by atoms with E-state index in [2.05, 4.69) is 0 Å². The number of hydrogen-bond donors (Lipinski definition) is 0. The van der Waals surface area contributed by atoms with Crippen LogP contribution in [0.1, 0.15) is 47.9 Å². The molecule has 0 amide bonds. The minimum atomic E-state index is -0.314. The zero-order valence-corrected chi connectivity index (χ0v) is 13.1. The Morgan fingerprint density at radius 2 is 0.800 bits per heavy atom. The Morgan fingerprint density at radius 3 is 1.08 bits per heavy atom. The van der Waals surface area contributed by atoms with E-state index in [0.717, 1.165) is 0 Å². The van der Waals surface area contributed by atoms with Crippen molar-refractivity contribution in [1.82, 2.24) is 0 Å². The molecule has 0 spiro atoms. The summed E-state index contributed by atoms with van der Waals surface area (Å²) in [4.78, 5) is 49.2. The van der Waals surface area contributed by atoms with Crippen LogP contribution in [0.25, 0.3) is 0 Å². The molecular weight excluding hydrogens is 316 g/mol. The van der Waals surface area contributed by atoms with Crippen LogP contribution in [0.4, 0.5) is 0 Å². The van der Waals surface area contributed by atoms with E-state index in [-0.39, 0.29) is 40.7 Å². The Hall–Kier alpha value is -3.40. The highest BCUT2D eigenvalue weighted by Gasteiger charge is 2.33. The summed E-state index contributed by atoms with van der Waals surface area (Å²) in [5.74, 6) is -1.25. The lowest BCUT2D eigenvalue weighted by atomic mass is 10.1. The topological polar surface area (TPSA) is 68.3 Å². The van der Waals surface area contributed by atoms with Crippen molar-refractivity contribution in [3.63, 3.8) is 0 Å². The molecule has 2 aliphatic carbocycles. The summed E-state index contributed by atoms with van der Waals surface area (Å²) in [5.41, 5.74) is 1.76. The molecule has 0 heterocycles. The van der Waals surface area contributed by atoms with Crippen molar-refractivity contribution in [2.75, 3.05) is 0 Å². The molecule has 0 N–H and O–H groups in total. The minimum absolute atomic E-state index is 0.0912. The van der Waals surface area contributed by atoms with Gasteiger partial charge in [-0.2, -0.15) is 0 Å². The van der Waals surface area contributed by atoms with Gasteiger partial charge < -0.3 is 0 Å². The molecular formula is C21H12O4. The van der Waals surface area contributed by atoms with Gasteiger partial charge in [-0.15, -0.1) is 0 Å². The largest absolute Gasteiger partial charge is 0.288 e. The van der Waals surface area contributed by atoms with Crippen LogP contribution in [0.3, 0.4) is 0 Å². The Balaban J connectivity index is 1.61. The van der Waals surface area contributed by atoms with Gasteiger partial charge in [-0.3, -0.25) is 19.2 Å². The molecule has 0 aromatic heterocycles. The third-order valence-electron chi connectivity index (χ3n) is 4.46. The lowest BCUT2D eigenvalue weighted by Gasteiger charge is -1.94. The summed E-state index contributed by atoms with van der Waals surface area (Å²) in [6.07, 6.45) is 3.14. The molecule has 0 radical (unpaired) electrons. The lowest BCUT2D eigenvalue weighted by Crippen LogP contribution is -2.02. The SMILES string of the molecule is O=C1C(=CCC=C2C(=O)c3ccccc3C2=O)C(=O)c2ccccc21. The highest BCUT2D eigenvalue weighted by atomic mass is 16.2. The van der Waals surface area contributed by atoms with Crippen LogP contribution in [-0.4, -0.2) is 23.1 Å². The third-order valence-corrected chi connectivity index (χ3v) is 4.46. The van der Waals surface area contributed by atoms with Crippen LogP contribution >= 0.6 is 0 Å². The standard InChI is InChI=1S/C21H12O4/c22-18-12-6-1-2-7-13(12)19(23)16(18)10-5-11-17-20(24)14-8-3-4-9-15(14)21(17)25/h1-4,6-11H,5H2. The van der Waals surface area contributed by atoms with Crippen molar-refractivity contribution in [2.45, 2.75) is 6.42 Å². The van der Waals surface area contributed by atoms with E-state index in [0.29, 0.717) is 22.3 Å². The van der Waals surface area contributed by atoms with Crippen molar-refractivity contribution in [3.05, 3.63) is 94.1 Å². The third kappa shape index (κ3) is 2.22. The van der Waals surface area contributed by atoms with Gasteiger partial charge in [0.25, 0.3) is 0 Å². The number of carbonyl (C=O) groups excluding carboxylic acids is 4. The van der Waals surface area contributed by atoms with Gasteiger partial charge in [0.05, 0.1) is 11.1 Å². The summed E-state index contributed by atoms with van der Waals surface area (Å²) in [6, 6.07) is 13.3. The molecule has 25 heavy (non-hydrogen) atoms. The van der Waals surface area contributed by atoms with Gasteiger partial charge in [0.1, 0.15) is 0 Å². The molecule has 4 heteroatoms. The first-order chi connectivity index (χ1) is 12.1. The fraction of sp³-hybridized carbons (Fsp3) is 0.0476. The highest BCUT2D eigenvalue weighted by molar-refractivity contribution is 6.40. The van der Waals surface area contributed by atoms with E-state index < -0.39 is 0 Å². The Bertz CT molecular complexity index is 880. The lowest BCUT2D eigenvalue weighted by molar-refractivity contribution is 0.0974. The summed E-state index contributed by atoms with van der Waals surface area (Å²) < 4.78 is 0. The van der Waals surface area contributed by atoms with E-state index in [1.807, 2.05) is 0 Å². The average molecular weight is 328 g/mol. The quantitative estimate of drug-likeness (QED) is 0.626. The smallest absolute Gasteiger partial charge is 0.197 e. The number of fused-ring (bicyclic) bond motifs is 2. The van der Waals surface area contributed by atoms with E-state index in [1.165, 1.54) is 12.2 Å². The molecule has 0 fully saturated rings. The minimum Gasteiger partial charge on any atom is -0.288 e. The second kappa shape index (κ2) is 5.60. The number of benzene rings is 2. The first-order valence-electron chi connectivity index (χ1n) is 7.87. The average Bonchev–Trinajstić information content (AvgIpc) is 3.03. The molecule has 2 aliphatic rings. The molecule has 0 aliphatic heterocycles. The maximum Gasteiger partial charge on any atom is 0.197 e. The van der Waals surface area contributed by atoms with Gasteiger partial charge in [-0.05, 0) is 6.42 Å². The normalized spacial score (nSPS) is 15.5. The van der Waals surface area contributed by atoms with Crippen LogP contribution in [0.15, 0.2) is 71.8 Å². The van der Waals surface area contributed by atoms with Gasteiger partial charge in [-0.25, -0.2) is 0 Å². The molecule has 2 aromatic rings. The summed E-state index contributed by atoms with van der Waals surface area (Å²) in [6.45, 7) is 0. The van der Waals surface area contributed by atoms with Crippen molar-refractivity contribution in [3.8, 4) is 0 Å². The van der Waals surface area contributed by atoms with Crippen LogP contribution < -0.4 is 0 Å². The summed E-state index contributed by atoms with van der Waals surface area (Å²) in [7, 11) is 0. The van der Waals surface area contributed by atoms with E-state index in [4.69, 9.17) is 0 Å². The molecule has 0 unspecified atom stereocenters. The highest BCUT2D eigenvalue weighted by Crippen LogP contribution is 2.28. The van der Waals surface area contributed by atoms with Crippen LogP contribution in [0, 0.1) is 0 Å². The molecule has 4 rings (SSSR count). The monoisotopic (exact) mass is 328 g/mol. The van der Waals surface area contributed by atoms with Crippen LogP contribution in [0.5, 0.6) is 0 Å². The number of carbonyl (C=O) groups is 4. The number of Topliss-reactive ketones (excluding diaryl/α,β-unsaturated/α-hetero) is 4. The first-order valence-corrected chi connectivity index (χ1v) is 7.87. The van der Waals surface area contributed by atoms with Crippen LogP contribution in [0.2, 0.25) is 0 Å². The zero-order chi connectivity index (χ0) is 17.6. The summed E-state index contributed by atoms with van der Waals surface area (Å²) in [5, 5.41) is 0. The molecule has 4 nitrogen and oxygen atoms in total. The van der Waals surface area contributed by atoms with Gasteiger partial charge >= 0.3 is 0 Å². The zero-order valence-electron chi connectivity index (χ0n) is 13.1. The van der Waals surface area contributed by atoms with E-state index in [1.54, 1.807) is 48.5 Å². The molecule has 0 saturated carbocycles. The predicted molar refractivity (Wildman–Crippen MR) is 91.0 cm³/mol. The summed E-state index contributed by atoms with van der Waals surface area (Å²) >= 11 is 0. The second-order valence-electron chi connectivity index (χ2n) is 5.88. The Morgan fingerprint density at radius 1 is 0.520 bits per heavy atom. The van der Waals surface area contributed by atoms with Gasteiger partial charge in [0.15, 0.2) is 23.1 Å². The predicted octanol–water partition coefficient (Wildman–Crippen LogP) is 3.39. The van der Waals surface area contributed by atoms with Crippen molar-refractivity contribution in [2.24, 2.45) is 0 Å². The van der Waals surface area contributed by atoms with Crippen LogP contribution in [-0.2, 0) is 0 Å². The van der Waals surface area contributed by atoms with Crippen molar-refractivity contribution < 1.29 is 19.2 Å². The Kier molecular flexibility index (Phi) is 3.39.